The van der Waals surface area contributed by atoms with Crippen molar-refractivity contribution < 1.29 is 43.0 Å². The number of hydrogen-bond donors (Lipinski definition) is 0. The molecule has 0 heterocycles. The van der Waals surface area contributed by atoms with E-state index in [-0.39, 0.29) is 16.7 Å². The van der Waals surface area contributed by atoms with Gasteiger partial charge in [0.15, 0.2) is 34.6 Å². The Morgan fingerprint density at radius 2 is 0.595 bits per heavy atom. The zero-order valence-electron chi connectivity index (χ0n) is 22.8. The number of carbonyl (C=O) groups excluding carboxylic acids is 6. The number of esters is 3. The zero-order valence-corrected chi connectivity index (χ0v) is 22.8. The van der Waals surface area contributed by atoms with Crippen molar-refractivity contribution in [3.63, 3.8) is 0 Å². The number of ether oxygens (including phenoxy) is 3. The number of benzene rings is 4. The number of rotatable bonds is 9. The maximum Gasteiger partial charge on any atom is 0.343 e. The van der Waals surface area contributed by atoms with Crippen LogP contribution in [0.1, 0.15) is 82.9 Å². The van der Waals surface area contributed by atoms with Crippen LogP contribution in [-0.2, 0) is 0 Å². The minimum Gasteiger partial charge on any atom is -0.421 e. The van der Waals surface area contributed by atoms with Crippen LogP contribution in [0.15, 0.2) is 91.0 Å². The van der Waals surface area contributed by atoms with Gasteiger partial charge >= 0.3 is 17.9 Å². The second kappa shape index (κ2) is 12.6. The third-order valence-corrected chi connectivity index (χ3v) is 6.03. The maximum atomic E-state index is 13.2. The molecule has 9 heteroatoms. The first-order chi connectivity index (χ1) is 20.1. The van der Waals surface area contributed by atoms with Gasteiger partial charge in [-0.2, -0.15) is 0 Å². The van der Waals surface area contributed by atoms with Gasteiger partial charge in [-0.25, -0.2) is 14.4 Å². The molecule has 0 radical (unpaired) electrons. The number of hydrogen-bond acceptors (Lipinski definition) is 9. The molecule has 0 unspecified atom stereocenters. The smallest absolute Gasteiger partial charge is 0.343 e. The van der Waals surface area contributed by atoms with E-state index in [0.29, 0.717) is 0 Å². The average Bonchev–Trinajstić information content (AvgIpc) is 2.97. The molecule has 0 fully saturated rings. The van der Waals surface area contributed by atoms with Crippen molar-refractivity contribution in [3.05, 3.63) is 124 Å². The van der Waals surface area contributed by atoms with Crippen molar-refractivity contribution in [1.29, 1.82) is 0 Å². The Hall–Kier alpha value is -5.70. The maximum absolute atomic E-state index is 13.2. The summed E-state index contributed by atoms with van der Waals surface area (Å²) in [5.41, 5.74) is -1.37. The SMILES string of the molecule is CC(=O)c1c(OC(=O)c2ccccc2)c(C(C)=O)c(OC(=O)c2ccccc2)c(C(C)=O)c1OC(=O)c1ccccc1. The molecule has 4 aromatic rings. The molecule has 4 aromatic carbocycles. The first-order valence-electron chi connectivity index (χ1n) is 12.7. The molecular weight excluding hydrogens is 540 g/mol. The van der Waals surface area contributed by atoms with Crippen LogP contribution in [0.2, 0.25) is 0 Å². The van der Waals surface area contributed by atoms with Gasteiger partial charge in [-0.1, -0.05) is 54.6 Å². The monoisotopic (exact) mass is 564 g/mol. The summed E-state index contributed by atoms with van der Waals surface area (Å²) < 4.78 is 16.8. The van der Waals surface area contributed by atoms with E-state index < -0.39 is 69.2 Å². The highest BCUT2D eigenvalue weighted by molar-refractivity contribution is 6.16. The summed E-state index contributed by atoms with van der Waals surface area (Å²) in [5, 5.41) is 0. The molecule has 0 aliphatic heterocycles. The molecule has 0 amide bonds. The lowest BCUT2D eigenvalue weighted by atomic mass is 9.94. The van der Waals surface area contributed by atoms with E-state index >= 15 is 0 Å². The fourth-order valence-electron chi connectivity index (χ4n) is 4.13. The lowest BCUT2D eigenvalue weighted by Crippen LogP contribution is -2.22. The summed E-state index contributed by atoms with van der Waals surface area (Å²) in [4.78, 5) is 78.8. The normalized spacial score (nSPS) is 10.4. The molecule has 0 spiro atoms. The van der Waals surface area contributed by atoms with Crippen LogP contribution in [0.25, 0.3) is 0 Å². The highest BCUT2D eigenvalue weighted by atomic mass is 16.6. The molecule has 0 aromatic heterocycles. The third-order valence-electron chi connectivity index (χ3n) is 6.03. The van der Waals surface area contributed by atoms with E-state index in [1.807, 2.05) is 0 Å². The zero-order chi connectivity index (χ0) is 30.4. The van der Waals surface area contributed by atoms with Crippen molar-refractivity contribution >= 4 is 35.3 Å². The molecule has 0 aliphatic rings. The lowest BCUT2D eigenvalue weighted by molar-refractivity contribution is 0.0723. The quantitative estimate of drug-likeness (QED) is 0.137. The molecule has 9 nitrogen and oxygen atoms in total. The van der Waals surface area contributed by atoms with Gasteiger partial charge in [0.05, 0.1) is 16.7 Å². The van der Waals surface area contributed by atoms with Gasteiger partial charge in [0.1, 0.15) is 16.7 Å². The Morgan fingerprint density at radius 1 is 0.381 bits per heavy atom. The van der Waals surface area contributed by atoms with E-state index in [2.05, 4.69) is 0 Å². The van der Waals surface area contributed by atoms with E-state index in [1.54, 1.807) is 54.6 Å². The molecule has 0 atom stereocenters. The molecule has 42 heavy (non-hydrogen) atoms. The summed E-state index contributed by atoms with van der Waals surface area (Å²) in [6, 6.07) is 23.1. The second-order valence-corrected chi connectivity index (χ2v) is 9.05. The van der Waals surface area contributed by atoms with Crippen LogP contribution in [0.4, 0.5) is 0 Å². The van der Waals surface area contributed by atoms with Crippen LogP contribution in [0.5, 0.6) is 17.2 Å². The third kappa shape index (κ3) is 6.20. The van der Waals surface area contributed by atoms with E-state index in [0.717, 1.165) is 20.8 Å². The first kappa shape index (κ1) is 29.3. The largest absolute Gasteiger partial charge is 0.421 e. The van der Waals surface area contributed by atoms with Crippen molar-refractivity contribution in [2.45, 2.75) is 20.8 Å². The van der Waals surface area contributed by atoms with E-state index in [4.69, 9.17) is 14.2 Å². The van der Waals surface area contributed by atoms with Gasteiger partial charge in [0.2, 0.25) is 0 Å². The summed E-state index contributed by atoms with van der Waals surface area (Å²) in [5.74, 6) is -7.15. The summed E-state index contributed by atoms with van der Waals surface area (Å²) in [6.07, 6.45) is 0. The standard InChI is InChI=1S/C33H24O9/c1-19(34)25-28(40-31(37)22-13-7-4-8-14-22)26(20(2)35)30(42-33(39)24-17-11-6-12-18-24)27(21(3)36)29(25)41-32(38)23-15-9-5-10-16-23/h4-18H,1-3H3. The fraction of sp³-hybridized carbons (Fsp3) is 0.0909. The minimum absolute atomic E-state index is 0.0720. The van der Waals surface area contributed by atoms with Gasteiger partial charge in [-0.3, -0.25) is 14.4 Å². The molecule has 0 saturated heterocycles. The fourth-order valence-corrected chi connectivity index (χ4v) is 4.13. The topological polar surface area (TPSA) is 130 Å². The minimum atomic E-state index is -0.961. The van der Waals surface area contributed by atoms with Gasteiger partial charge in [0, 0.05) is 0 Å². The highest BCUT2D eigenvalue weighted by Crippen LogP contribution is 2.45. The molecule has 0 saturated carbocycles. The van der Waals surface area contributed by atoms with Gasteiger partial charge in [-0.15, -0.1) is 0 Å². The molecule has 4 rings (SSSR count). The lowest BCUT2D eigenvalue weighted by Gasteiger charge is -2.22. The van der Waals surface area contributed by atoms with Gasteiger partial charge in [-0.05, 0) is 57.2 Å². The van der Waals surface area contributed by atoms with Crippen molar-refractivity contribution in [1.82, 2.24) is 0 Å². The number of carbonyl (C=O) groups is 6. The van der Waals surface area contributed by atoms with E-state index in [1.165, 1.54) is 36.4 Å². The Kier molecular flexibility index (Phi) is 8.82. The second-order valence-electron chi connectivity index (χ2n) is 9.05. The summed E-state index contributed by atoms with van der Waals surface area (Å²) >= 11 is 0. The average molecular weight is 565 g/mol. The Balaban J connectivity index is 2.04. The molecular formula is C33H24O9. The van der Waals surface area contributed by atoms with Crippen LogP contribution in [-0.4, -0.2) is 35.3 Å². The van der Waals surface area contributed by atoms with Crippen LogP contribution < -0.4 is 14.2 Å². The Labute approximate surface area is 240 Å². The first-order valence-corrected chi connectivity index (χ1v) is 12.7. The van der Waals surface area contributed by atoms with Gasteiger partial charge in [0.25, 0.3) is 0 Å². The summed E-state index contributed by atoms with van der Waals surface area (Å²) in [6.45, 7) is 3.25. The van der Waals surface area contributed by atoms with Crippen LogP contribution >= 0.6 is 0 Å². The van der Waals surface area contributed by atoms with E-state index in [9.17, 15) is 28.8 Å². The van der Waals surface area contributed by atoms with Crippen molar-refractivity contribution in [3.8, 4) is 17.2 Å². The molecule has 210 valence electrons. The predicted octanol–water partition coefficient (Wildman–Crippen LogP) is 5.95. The number of Topliss-reactive ketones (excluding diaryl/α,β-unsaturated/α-hetero) is 3. The number of ketones is 3. The molecule has 0 bridgehead atoms. The van der Waals surface area contributed by atoms with Crippen molar-refractivity contribution in [2.24, 2.45) is 0 Å². The highest BCUT2D eigenvalue weighted by Gasteiger charge is 2.36. The summed E-state index contributed by atoms with van der Waals surface area (Å²) in [7, 11) is 0. The van der Waals surface area contributed by atoms with Crippen LogP contribution in [0.3, 0.4) is 0 Å². The molecule has 0 aliphatic carbocycles. The van der Waals surface area contributed by atoms with Crippen molar-refractivity contribution in [2.75, 3.05) is 0 Å². The molecule has 0 N–H and O–H groups in total. The predicted molar refractivity (Wildman–Crippen MR) is 151 cm³/mol. The van der Waals surface area contributed by atoms with Gasteiger partial charge < -0.3 is 14.2 Å². The van der Waals surface area contributed by atoms with Crippen LogP contribution in [0, 0.1) is 0 Å². The Bertz CT molecular complexity index is 1480. The Morgan fingerprint density at radius 3 is 0.786 bits per heavy atom.